The molecule has 70 valence electrons. The van der Waals surface area contributed by atoms with Crippen molar-refractivity contribution in [3.63, 3.8) is 0 Å². The van der Waals surface area contributed by atoms with Gasteiger partial charge in [-0.2, -0.15) is 0 Å². The molecule has 0 aromatic carbocycles. The highest BCUT2D eigenvalue weighted by atomic mass is 35.5. The Hall–Kier alpha value is -0.830. The maximum absolute atomic E-state index is 5.74. The lowest BCUT2D eigenvalue weighted by Crippen LogP contribution is -2.53. The Labute approximate surface area is 82.8 Å². The van der Waals surface area contributed by atoms with Gasteiger partial charge in [0.05, 0.1) is 12.4 Å². The molecule has 0 spiro atoms. The maximum atomic E-state index is 5.74. The molecule has 1 aliphatic heterocycles. The number of halogens is 1. The van der Waals surface area contributed by atoms with E-state index in [1.54, 1.807) is 12.4 Å². The van der Waals surface area contributed by atoms with Gasteiger partial charge in [0.25, 0.3) is 0 Å². The number of rotatable bonds is 1. The van der Waals surface area contributed by atoms with Crippen LogP contribution in [0, 0.1) is 5.41 Å². The fraction of sp³-hybridized carbons (Fsp3) is 0.556. The van der Waals surface area contributed by atoms with E-state index in [1.807, 2.05) is 0 Å². The largest absolute Gasteiger partial charge is 0.354 e. The van der Waals surface area contributed by atoms with Crippen molar-refractivity contribution in [2.75, 3.05) is 18.0 Å². The molecule has 0 atom stereocenters. The zero-order valence-electron chi connectivity index (χ0n) is 7.79. The number of hydrogen-bond donors (Lipinski definition) is 0. The van der Waals surface area contributed by atoms with Crippen LogP contribution >= 0.6 is 11.6 Å². The van der Waals surface area contributed by atoms with Crippen LogP contribution in [0.2, 0.25) is 5.15 Å². The van der Waals surface area contributed by atoms with Crippen molar-refractivity contribution in [1.82, 2.24) is 9.97 Å². The highest BCUT2D eigenvalue weighted by Crippen LogP contribution is 2.32. The summed E-state index contributed by atoms with van der Waals surface area (Å²) in [6, 6.07) is 0. The maximum Gasteiger partial charge on any atom is 0.149 e. The lowest BCUT2D eigenvalue weighted by atomic mass is 9.84. The molecule has 13 heavy (non-hydrogen) atoms. The van der Waals surface area contributed by atoms with Crippen LogP contribution in [0.15, 0.2) is 12.4 Å². The van der Waals surface area contributed by atoms with Gasteiger partial charge in [-0.3, -0.25) is 4.98 Å². The van der Waals surface area contributed by atoms with Crippen molar-refractivity contribution >= 4 is 17.4 Å². The second-order valence-corrected chi connectivity index (χ2v) is 4.61. The van der Waals surface area contributed by atoms with Gasteiger partial charge in [-0.05, 0) is 5.41 Å². The molecule has 0 unspecified atom stereocenters. The average Bonchev–Trinajstić information content (AvgIpc) is 2.00. The van der Waals surface area contributed by atoms with Crippen molar-refractivity contribution in [2.45, 2.75) is 13.8 Å². The van der Waals surface area contributed by atoms with Crippen molar-refractivity contribution in [2.24, 2.45) is 5.41 Å². The van der Waals surface area contributed by atoms with Gasteiger partial charge in [-0.25, -0.2) is 4.98 Å². The van der Waals surface area contributed by atoms with E-state index < -0.39 is 0 Å². The number of hydrogen-bond acceptors (Lipinski definition) is 3. The Bertz CT molecular complexity index is 316. The fourth-order valence-electron chi connectivity index (χ4n) is 1.63. The fourth-order valence-corrected chi connectivity index (χ4v) is 1.78. The summed E-state index contributed by atoms with van der Waals surface area (Å²) >= 11 is 5.74. The van der Waals surface area contributed by atoms with E-state index in [-0.39, 0.29) is 0 Å². The molecule has 1 saturated heterocycles. The van der Waals surface area contributed by atoms with Crippen LogP contribution < -0.4 is 4.90 Å². The Morgan fingerprint density at radius 3 is 2.62 bits per heavy atom. The summed E-state index contributed by atoms with van der Waals surface area (Å²) < 4.78 is 0. The monoisotopic (exact) mass is 197 g/mol. The summed E-state index contributed by atoms with van der Waals surface area (Å²) in [6.45, 7) is 6.53. The Morgan fingerprint density at radius 1 is 1.38 bits per heavy atom. The van der Waals surface area contributed by atoms with Gasteiger partial charge in [0.1, 0.15) is 11.0 Å². The van der Waals surface area contributed by atoms with Crippen molar-refractivity contribution in [1.29, 1.82) is 0 Å². The summed E-state index contributed by atoms with van der Waals surface area (Å²) in [6.07, 6.45) is 3.30. The molecular weight excluding hydrogens is 186 g/mol. The van der Waals surface area contributed by atoms with Crippen LogP contribution in [-0.4, -0.2) is 23.1 Å². The topological polar surface area (TPSA) is 29.0 Å². The van der Waals surface area contributed by atoms with Crippen LogP contribution in [0.1, 0.15) is 13.8 Å². The van der Waals surface area contributed by atoms with E-state index in [0.29, 0.717) is 10.6 Å². The Morgan fingerprint density at radius 2 is 2.08 bits per heavy atom. The van der Waals surface area contributed by atoms with E-state index in [0.717, 1.165) is 18.9 Å². The van der Waals surface area contributed by atoms with Crippen LogP contribution in [0.25, 0.3) is 0 Å². The standard InChI is InChI=1S/C9H12ClN3/c1-9(2)5-13(6-9)8-4-11-3-7(10)12-8/h3-4H,5-6H2,1-2H3. The van der Waals surface area contributed by atoms with E-state index >= 15 is 0 Å². The van der Waals surface area contributed by atoms with Crippen molar-refractivity contribution in [3.8, 4) is 0 Å². The summed E-state index contributed by atoms with van der Waals surface area (Å²) in [5.41, 5.74) is 0.407. The molecule has 1 aliphatic rings. The lowest BCUT2D eigenvalue weighted by Gasteiger charge is -2.46. The predicted molar refractivity (Wildman–Crippen MR) is 53.0 cm³/mol. The van der Waals surface area contributed by atoms with E-state index in [4.69, 9.17) is 11.6 Å². The minimum absolute atomic E-state index is 0.407. The summed E-state index contributed by atoms with van der Waals surface area (Å²) in [4.78, 5) is 10.4. The smallest absolute Gasteiger partial charge is 0.149 e. The highest BCUT2D eigenvalue weighted by Gasteiger charge is 2.34. The SMILES string of the molecule is CC1(C)CN(c2cncc(Cl)n2)C1. The third-order valence-corrected chi connectivity index (χ3v) is 2.34. The minimum Gasteiger partial charge on any atom is -0.354 e. The Kier molecular flexibility index (Phi) is 1.91. The van der Waals surface area contributed by atoms with E-state index in [2.05, 4.69) is 28.7 Å². The zero-order valence-corrected chi connectivity index (χ0v) is 8.54. The molecule has 2 heterocycles. The molecule has 0 saturated carbocycles. The number of anilines is 1. The summed E-state index contributed by atoms with van der Waals surface area (Å²) in [7, 11) is 0. The van der Waals surface area contributed by atoms with Crippen LogP contribution in [0.4, 0.5) is 5.82 Å². The normalized spacial score (nSPS) is 19.8. The number of aromatic nitrogens is 2. The van der Waals surface area contributed by atoms with Gasteiger partial charge >= 0.3 is 0 Å². The first-order chi connectivity index (χ1) is 6.07. The average molecular weight is 198 g/mol. The Balaban J connectivity index is 2.11. The van der Waals surface area contributed by atoms with E-state index in [9.17, 15) is 0 Å². The van der Waals surface area contributed by atoms with E-state index in [1.165, 1.54) is 0 Å². The van der Waals surface area contributed by atoms with Crippen LogP contribution in [0.3, 0.4) is 0 Å². The third kappa shape index (κ3) is 1.75. The first-order valence-electron chi connectivity index (χ1n) is 4.29. The van der Waals surface area contributed by atoms with Gasteiger partial charge in [-0.1, -0.05) is 25.4 Å². The van der Waals surface area contributed by atoms with Crippen LogP contribution in [0.5, 0.6) is 0 Å². The molecule has 3 nitrogen and oxygen atoms in total. The quantitative estimate of drug-likeness (QED) is 0.690. The molecule has 0 bridgehead atoms. The van der Waals surface area contributed by atoms with Gasteiger partial charge < -0.3 is 4.90 Å². The summed E-state index contributed by atoms with van der Waals surface area (Å²) in [5.74, 6) is 0.881. The van der Waals surface area contributed by atoms with Crippen molar-refractivity contribution < 1.29 is 0 Å². The molecule has 0 radical (unpaired) electrons. The molecule has 1 aromatic rings. The second-order valence-electron chi connectivity index (χ2n) is 4.22. The molecule has 2 rings (SSSR count). The molecule has 0 N–H and O–H groups in total. The van der Waals surface area contributed by atoms with Crippen LogP contribution in [-0.2, 0) is 0 Å². The molecule has 1 aromatic heterocycles. The zero-order chi connectivity index (χ0) is 9.47. The lowest BCUT2D eigenvalue weighted by molar-refractivity contribution is 0.274. The second kappa shape index (κ2) is 2.84. The molecule has 1 fully saturated rings. The van der Waals surface area contributed by atoms with Gasteiger partial charge in [0.2, 0.25) is 0 Å². The van der Waals surface area contributed by atoms with Gasteiger partial charge in [0.15, 0.2) is 0 Å². The van der Waals surface area contributed by atoms with Crippen molar-refractivity contribution in [3.05, 3.63) is 17.5 Å². The minimum atomic E-state index is 0.407. The molecule has 0 amide bonds. The summed E-state index contributed by atoms with van der Waals surface area (Å²) in [5, 5.41) is 0.460. The molecule has 0 aliphatic carbocycles. The molecule has 4 heteroatoms. The first kappa shape index (κ1) is 8.75. The molecular formula is C9H12ClN3. The number of nitrogens with zero attached hydrogens (tertiary/aromatic N) is 3. The first-order valence-corrected chi connectivity index (χ1v) is 4.67. The third-order valence-electron chi connectivity index (χ3n) is 2.15. The van der Waals surface area contributed by atoms with Gasteiger partial charge in [0, 0.05) is 13.1 Å². The highest BCUT2D eigenvalue weighted by molar-refractivity contribution is 6.29. The predicted octanol–water partition coefficient (Wildman–Crippen LogP) is 1.98. The van der Waals surface area contributed by atoms with Gasteiger partial charge in [-0.15, -0.1) is 0 Å².